The number of allylic oxidation sites excluding steroid dienone is 4. The SMILES string of the molecule is C1=C(c2ccco2)[C@@H]2C=C(c3ccco3)[C@H]1C2. The van der Waals surface area contributed by atoms with Gasteiger partial charge in [0.2, 0.25) is 0 Å². The molecule has 4 rings (SSSR count). The first-order chi connectivity index (χ1) is 8.42. The molecule has 2 heterocycles. The van der Waals surface area contributed by atoms with Crippen molar-refractivity contribution in [1.82, 2.24) is 0 Å². The fourth-order valence-electron chi connectivity index (χ4n) is 2.94. The van der Waals surface area contributed by atoms with Crippen molar-refractivity contribution in [3.8, 4) is 0 Å². The van der Waals surface area contributed by atoms with Gasteiger partial charge in [-0.3, -0.25) is 0 Å². The van der Waals surface area contributed by atoms with Gasteiger partial charge in [0.25, 0.3) is 0 Å². The largest absolute Gasteiger partial charge is 0.465 e. The Balaban J connectivity index is 1.69. The predicted molar refractivity (Wildman–Crippen MR) is 65.0 cm³/mol. The quantitative estimate of drug-likeness (QED) is 0.771. The van der Waals surface area contributed by atoms with E-state index in [0.717, 1.165) is 17.9 Å². The first-order valence-corrected chi connectivity index (χ1v) is 5.93. The molecule has 0 unspecified atom stereocenters. The normalized spacial score (nSPS) is 26.1. The summed E-state index contributed by atoms with van der Waals surface area (Å²) in [7, 11) is 0. The van der Waals surface area contributed by atoms with Gasteiger partial charge in [-0.1, -0.05) is 12.2 Å². The average molecular weight is 224 g/mol. The minimum atomic E-state index is 0.492. The molecular formula is C15H12O2. The van der Waals surface area contributed by atoms with Gasteiger partial charge in [0.1, 0.15) is 11.5 Å². The minimum absolute atomic E-state index is 0.492. The lowest BCUT2D eigenvalue weighted by molar-refractivity contribution is 0.546. The second-order valence-corrected chi connectivity index (χ2v) is 4.65. The van der Waals surface area contributed by atoms with Crippen molar-refractivity contribution in [2.45, 2.75) is 6.42 Å². The Labute approximate surface area is 99.2 Å². The molecule has 2 heteroatoms. The maximum atomic E-state index is 5.48. The van der Waals surface area contributed by atoms with Crippen molar-refractivity contribution in [2.75, 3.05) is 0 Å². The Kier molecular flexibility index (Phi) is 1.75. The Morgan fingerprint density at radius 1 is 0.824 bits per heavy atom. The summed E-state index contributed by atoms with van der Waals surface area (Å²) in [5.74, 6) is 3.00. The smallest absolute Gasteiger partial charge is 0.130 e. The second-order valence-electron chi connectivity index (χ2n) is 4.65. The summed E-state index contributed by atoms with van der Waals surface area (Å²) >= 11 is 0. The van der Waals surface area contributed by atoms with Gasteiger partial charge in [0.05, 0.1) is 12.5 Å². The third kappa shape index (κ3) is 1.27. The lowest BCUT2D eigenvalue weighted by Crippen LogP contribution is -1.94. The van der Waals surface area contributed by atoms with Gasteiger partial charge < -0.3 is 8.83 Å². The molecule has 0 amide bonds. The van der Waals surface area contributed by atoms with Gasteiger partial charge in [-0.25, -0.2) is 0 Å². The highest BCUT2D eigenvalue weighted by molar-refractivity contribution is 5.81. The van der Waals surface area contributed by atoms with E-state index in [9.17, 15) is 0 Å². The van der Waals surface area contributed by atoms with Gasteiger partial charge in [-0.15, -0.1) is 0 Å². The van der Waals surface area contributed by atoms with E-state index in [1.807, 2.05) is 24.3 Å². The van der Waals surface area contributed by atoms with Crippen LogP contribution >= 0.6 is 0 Å². The van der Waals surface area contributed by atoms with Gasteiger partial charge in [-0.05, 0) is 41.8 Å². The highest BCUT2D eigenvalue weighted by Crippen LogP contribution is 2.50. The molecule has 0 aliphatic heterocycles. The van der Waals surface area contributed by atoms with Crippen molar-refractivity contribution in [3.63, 3.8) is 0 Å². The number of rotatable bonds is 2. The zero-order valence-corrected chi connectivity index (χ0v) is 9.30. The molecule has 2 aliphatic rings. The lowest BCUT2D eigenvalue weighted by atomic mass is 9.96. The van der Waals surface area contributed by atoms with Crippen molar-refractivity contribution >= 4 is 11.1 Å². The minimum Gasteiger partial charge on any atom is -0.465 e. The molecule has 0 spiro atoms. The highest BCUT2D eigenvalue weighted by Gasteiger charge is 2.36. The first kappa shape index (κ1) is 9.11. The van der Waals surface area contributed by atoms with E-state index in [-0.39, 0.29) is 0 Å². The van der Waals surface area contributed by atoms with Crippen LogP contribution in [0.2, 0.25) is 0 Å². The lowest BCUT2D eigenvalue weighted by Gasteiger charge is -2.10. The Hall–Kier alpha value is -1.96. The number of fused-ring (bicyclic) bond motifs is 2. The van der Waals surface area contributed by atoms with Crippen molar-refractivity contribution < 1.29 is 8.83 Å². The van der Waals surface area contributed by atoms with Gasteiger partial charge in [0.15, 0.2) is 0 Å². The van der Waals surface area contributed by atoms with Crippen LogP contribution in [0, 0.1) is 11.8 Å². The van der Waals surface area contributed by atoms with E-state index in [1.54, 1.807) is 12.5 Å². The predicted octanol–water partition coefficient (Wildman–Crippen LogP) is 3.99. The summed E-state index contributed by atoms with van der Waals surface area (Å²) in [6.07, 6.45) is 9.27. The van der Waals surface area contributed by atoms with Crippen molar-refractivity contribution in [3.05, 3.63) is 60.5 Å². The zero-order valence-electron chi connectivity index (χ0n) is 9.30. The molecule has 0 saturated carbocycles. The van der Waals surface area contributed by atoms with Gasteiger partial charge >= 0.3 is 0 Å². The molecule has 2 atom stereocenters. The molecule has 84 valence electrons. The van der Waals surface area contributed by atoms with Crippen LogP contribution in [-0.4, -0.2) is 0 Å². The van der Waals surface area contributed by atoms with Crippen LogP contribution in [0.15, 0.2) is 57.8 Å². The summed E-state index contributed by atoms with van der Waals surface area (Å²) in [5.41, 5.74) is 2.66. The van der Waals surface area contributed by atoms with E-state index in [0.29, 0.717) is 11.8 Å². The standard InChI is InChI=1S/C15H12O2/c1-3-14(16-5-1)12-8-11-7-10(12)9-13(11)15-4-2-6-17-15/h1-6,8-11H,7H2/t10-,11-/m0/s1. The first-order valence-electron chi connectivity index (χ1n) is 5.93. The molecule has 0 fully saturated rings. The topological polar surface area (TPSA) is 26.3 Å². The molecule has 2 aromatic rings. The average Bonchev–Trinajstić information content (AvgIpc) is 3.12. The molecule has 2 aromatic heterocycles. The Bertz CT molecular complexity index is 531. The second kappa shape index (κ2) is 3.27. The molecule has 17 heavy (non-hydrogen) atoms. The molecule has 0 radical (unpaired) electrons. The van der Waals surface area contributed by atoms with E-state index >= 15 is 0 Å². The van der Waals surface area contributed by atoms with Crippen molar-refractivity contribution in [2.24, 2.45) is 11.8 Å². The van der Waals surface area contributed by atoms with Crippen LogP contribution in [0.3, 0.4) is 0 Å². The number of furan rings is 2. The third-order valence-electron chi connectivity index (χ3n) is 3.68. The summed E-state index contributed by atoms with van der Waals surface area (Å²) < 4.78 is 11.0. The van der Waals surface area contributed by atoms with Crippen LogP contribution < -0.4 is 0 Å². The van der Waals surface area contributed by atoms with E-state index in [4.69, 9.17) is 8.83 Å². The van der Waals surface area contributed by atoms with E-state index in [2.05, 4.69) is 12.2 Å². The monoisotopic (exact) mass is 224 g/mol. The Morgan fingerprint density at radius 3 is 1.71 bits per heavy atom. The van der Waals surface area contributed by atoms with Gasteiger partial charge in [0, 0.05) is 11.8 Å². The summed E-state index contributed by atoms with van der Waals surface area (Å²) in [4.78, 5) is 0. The summed E-state index contributed by atoms with van der Waals surface area (Å²) in [5, 5.41) is 0. The highest BCUT2D eigenvalue weighted by atomic mass is 16.3. The molecule has 0 saturated heterocycles. The number of hydrogen-bond donors (Lipinski definition) is 0. The Morgan fingerprint density at radius 2 is 1.35 bits per heavy atom. The third-order valence-corrected chi connectivity index (χ3v) is 3.68. The molecule has 2 aliphatic carbocycles. The fraction of sp³-hybridized carbons (Fsp3) is 0.200. The summed E-state index contributed by atoms with van der Waals surface area (Å²) in [6, 6.07) is 7.96. The van der Waals surface area contributed by atoms with Crippen LogP contribution in [0.1, 0.15) is 17.9 Å². The van der Waals surface area contributed by atoms with Crippen LogP contribution in [-0.2, 0) is 0 Å². The molecular weight excluding hydrogens is 212 g/mol. The number of hydrogen-bond acceptors (Lipinski definition) is 2. The van der Waals surface area contributed by atoms with E-state index < -0.39 is 0 Å². The maximum Gasteiger partial charge on any atom is 0.130 e. The molecule has 2 bridgehead atoms. The summed E-state index contributed by atoms with van der Waals surface area (Å²) in [6.45, 7) is 0. The van der Waals surface area contributed by atoms with Gasteiger partial charge in [-0.2, -0.15) is 0 Å². The van der Waals surface area contributed by atoms with Crippen LogP contribution in [0.25, 0.3) is 11.1 Å². The van der Waals surface area contributed by atoms with Crippen LogP contribution in [0.5, 0.6) is 0 Å². The fourth-order valence-corrected chi connectivity index (χ4v) is 2.94. The zero-order chi connectivity index (χ0) is 11.2. The molecule has 0 aromatic carbocycles. The van der Waals surface area contributed by atoms with Crippen molar-refractivity contribution in [1.29, 1.82) is 0 Å². The maximum absolute atomic E-state index is 5.48. The molecule has 0 N–H and O–H groups in total. The molecule has 2 nitrogen and oxygen atoms in total. The van der Waals surface area contributed by atoms with Crippen LogP contribution in [0.4, 0.5) is 0 Å². The van der Waals surface area contributed by atoms with E-state index in [1.165, 1.54) is 11.1 Å².